The van der Waals surface area contributed by atoms with E-state index < -0.39 is 29.9 Å². The van der Waals surface area contributed by atoms with Crippen LogP contribution in [-0.2, 0) is 9.59 Å². The highest BCUT2D eigenvalue weighted by atomic mass is 16.4. The van der Waals surface area contributed by atoms with E-state index in [-0.39, 0.29) is 12.8 Å². The molecule has 48 heavy (non-hydrogen) atoms. The first kappa shape index (κ1) is 47.2. The highest BCUT2D eigenvalue weighted by Gasteiger charge is 2.33. The van der Waals surface area contributed by atoms with Crippen molar-refractivity contribution in [3.8, 4) is 0 Å². The zero-order valence-electron chi connectivity index (χ0n) is 32.3. The summed E-state index contributed by atoms with van der Waals surface area (Å²) < 4.78 is 0. The van der Waals surface area contributed by atoms with Crippen LogP contribution in [-0.4, -0.2) is 45.2 Å². The molecule has 0 aromatic heterocycles. The molecule has 0 bridgehead atoms. The number of unbranched alkanes of at least 4 members (excludes halogenated alkanes) is 32. The van der Waals surface area contributed by atoms with Crippen LogP contribution >= 0.6 is 0 Å². The average molecular weight is 681 g/mol. The second kappa shape index (κ2) is 37.5. The van der Waals surface area contributed by atoms with Crippen molar-refractivity contribution < 1.29 is 24.9 Å². The zero-order valence-corrected chi connectivity index (χ0v) is 32.3. The summed E-state index contributed by atoms with van der Waals surface area (Å²) >= 11 is 0. The van der Waals surface area contributed by atoms with Gasteiger partial charge >= 0.3 is 0 Å². The number of carbonyl (C=O) groups excluding carboxylic acids is 2. The van der Waals surface area contributed by atoms with Gasteiger partial charge in [-0.2, -0.15) is 0 Å². The first-order valence-corrected chi connectivity index (χ1v) is 21.5. The van der Waals surface area contributed by atoms with Crippen molar-refractivity contribution in [2.45, 2.75) is 263 Å². The molecule has 0 aromatic rings. The molecule has 0 aliphatic rings. The molecule has 5 nitrogen and oxygen atoms in total. The predicted molar refractivity (Wildman–Crippen MR) is 206 cm³/mol. The molecular formula is C43H84O5. The van der Waals surface area contributed by atoms with Crippen molar-refractivity contribution in [2.24, 2.45) is 0 Å². The number of hydrogen-bond acceptors (Lipinski definition) is 5. The van der Waals surface area contributed by atoms with Gasteiger partial charge in [-0.25, -0.2) is 0 Å². The van der Waals surface area contributed by atoms with E-state index in [1.54, 1.807) is 0 Å². The van der Waals surface area contributed by atoms with Crippen molar-refractivity contribution in [1.82, 2.24) is 0 Å². The van der Waals surface area contributed by atoms with Crippen LogP contribution in [0.1, 0.15) is 245 Å². The molecule has 0 aliphatic carbocycles. The Morgan fingerprint density at radius 1 is 0.312 bits per heavy atom. The normalized spacial score (nSPS) is 13.5. The Hall–Kier alpha value is -0.780. The molecule has 286 valence electrons. The van der Waals surface area contributed by atoms with Gasteiger partial charge in [0.2, 0.25) is 0 Å². The van der Waals surface area contributed by atoms with Gasteiger partial charge in [-0.15, -0.1) is 0 Å². The molecule has 0 radical (unpaired) electrons. The fraction of sp³-hybridized carbons (Fsp3) is 0.953. The Bertz CT molecular complexity index is 624. The molecule has 0 amide bonds. The molecule has 3 N–H and O–H groups in total. The van der Waals surface area contributed by atoms with Gasteiger partial charge in [0, 0.05) is 12.8 Å². The van der Waals surface area contributed by atoms with Crippen LogP contribution in [0.3, 0.4) is 0 Å². The molecule has 0 rings (SSSR count). The van der Waals surface area contributed by atoms with Gasteiger partial charge in [0.15, 0.2) is 11.6 Å². The number of ketones is 2. The average Bonchev–Trinajstić information content (AvgIpc) is 3.09. The quantitative estimate of drug-likeness (QED) is 0.0560. The topological polar surface area (TPSA) is 94.8 Å². The third-order valence-corrected chi connectivity index (χ3v) is 10.4. The zero-order chi connectivity index (χ0) is 35.3. The lowest BCUT2D eigenvalue weighted by atomic mass is 9.95. The highest BCUT2D eigenvalue weighted by Crippen LogP contribution is 2.17. The minimum atomic E-state index is -1.73. The van der Waals surface area contributed by atoms with E-state index in [4.69, 9.17) is 0 Å². The van der Waals surface area contributed by atoms with E-state index in [2.05, 4.69) is 13.8 Å². The van der Waals surface area contributed by atoms with Crippen LogP contribution in [0.15, 0.2) is 0 Å². The Labute approximate surface area is 299 Å². The summed E-state index contributed by atoms with van der Waals surface area (Å²) in [6.07, 6.45) is 38.3. The van der Waals surface area contributed by atoms with Gasteiger partial charge in [0.25, 0.3) is 0 Å². The lowest BCUT2D eigenvalue weighted by molar-refractivity contribution is -0.146. The van der Waals surface area contributed by atoms with E-state index in [0.29, 0.717) is 12.8 Å². The highest BCUT2D eigenvalue weighted by molar-refractivity contribution is 5.87. The number of Topliss-reactive ketones (excluding diaryl/α,β-unsaturated/α-hetero) is 2. The van der Waals surface area contributed by atoms with Crippen molar-refractivity contribution in [2.75, 3.05) is 0 Å². The first-order chi connectivity index (χ1) is 23.5. The van der Waals surface area contributed by atoms with Gasteiger partial charge in [0.1, 0.15) is 18.3 Å². The van der Waals surface area contributed by atoms with Gasteiger partial charge in [-0.1, -0.05) is 219 Å². The van der Waals surface area contributed by atoms with Crippen LogP contribution in [0.25, 0.3) is 0 Å². The standard InChI is InChI=1S/C43H84O5/c1-3-5-7-9-11-13-15-17-19-21-23-25-27-29-31-33-35-37-39(44)41(46)43(48)42(47)40(45)38-36-34-32-30-28-26-24-22-20-18-16-14-12-10-8-6-4-2/h41-43,46-48H,3-38H2,1-2H3. The Morgan fingerprint density at radius 2 is 0.479 bits per heavy atom. The van der Waals surface area contributed by atoms with Gasteiger partial charge in [0.05, 0.1) is 0 Å². The molecule has 2 unspecified atom stereocenters. The van der Waals surface area contributed by atoms with Gasteiger partial charge in [-0.05, 0) is 12.8 Å². The molecule has 0 saturated heterocycles. The Kier molecular flexibility index (Phi) is 36.9. The van der Waals surface area contributed by atoms with Crippen molar-refractivity contribution >= 4 is 11.6 Å². The Balaban J connectivity index is 3.61. The summed E-state index contributed by atoms with van der Waals surface area (Å²) in [5.74, 6) is -0.957. The first-order valence-electron chi connectivity index (χ1n) is 21.5. The largest absolute Gasteiger partial charge is 0.387 e. The maximum atomic E-state index is 12.4. The van der Waals surface area contributed by atoms with E-state index in [1.807, 2.05) is 0 Å². The molecule has 0 aromatic carbocycles. The molecule has 5 heteroatoms. The van der Waals surface area contributed by atoms with Crippen LogP contribution in [0.4, 0.5) is 0 Å². The lowest BCUT2D eigenvalue weighted by Crippen LogP contribution is -2.45. The number of carbonyl (C=O) groups is 2. The summed E-state index contributed by atoms with van der Waals surface area (Å²) in [4.78, 5) is 24.7. The molecule has 0 spiro atoms. The second-order valence-electron chi connectivity index (χ2n) is 15.1. The monoisotopic (exact) mass is 681 g/mol. The summed E-state index contributed by atoms with van der Waals surface area (Å²) in [5, 5.41) is 30.8. The summed E-state index contributed by atoms with van der Waals surface area (Å²) in [6, 6.07) is 0. The van der Waals surface area contributed by atoms with E-state index in [9.17, 15) is 24.9 Å². The van der Waals surface area contributed by atoms with Gasteiger partial charge in [-0.3, -0.25) is 9.59 Å². The molecule has 0 fully saturated rings. The number of aliphatic hydroxyl groups excluding tert-OH is 3. The Morgan fingerprint density at radius 3 is 0.667 bits per heavy atom. The molecule has 0 heterocycles. The predicted octanol–water partition coefficient (Wildman–Crippen LogP) is 12.3. The minimum Gasteiger partial charge on any atom is -0.387 e. The third-order valence-electron chi connectivity index (χ3n) is 10.4. The lowest BCUT2D eigenvalue weighted by Gasteiger charge is -2.21. The van der Waals surface area contributed by atoms with Crippen LogP contribution in [0, 0.1) is 0 Å². The van der Waals surface area contributed by atoms with E-state index >= 15 is 0 Å². The van der Waals surface area contributed by atoms with Crippen molar-refractivity contribution in [3.05, 3.63) is 0 Å². The maximum Gasteiger partial charge on any atom is 0.164 e. The van der Waals surface area contributed by atoms with Gasteiger partial charge < -0.3 is 15.3 Å². The molecule has 0 aliphatic heterocycles. The van der Waals surface area contributed by atoms with Crippen molar-refractivity contribution in [3.63, 3.8) is 0 Å². The van der Waals surface area contributed by atoms with Crippen LogP contribution in [0.2, 0.25) is 0 Å². The molecule has 0 saturated carbocycles. The fourth-order valence-electron chi connectivity index (χ4n) is 6.90. The summed E-state index contributed by atoms with van der Waals surface area (Å²) in [7, 11) is 0. The molecular weight excluding hydrogens is 596 g/mol. The van der Waals surface area contributed by atoms with Crippen LogP contribution < -0.4 is 0 Å². The van der Waals surface area contributed by atoms with Crippen molar-refractivity contribution in [1.29, 1.82) is 0 Å². The number of hydrogen-bond donors (Lipinski definition) is 3. The fourth-order valence-corrected chi connectivity index (χ4v) is 6.90. The molecule has 2 atom stereocenters. The minimum absolute atomic E-state index is 0.178. The van der Waals surface area contributed by atoms with Crippen LogP contribution in [0.5, 0.6) is 0 Å². The smallest absolute Gasteiger partial charge is 0.164 e. The maximum absolute atomic E-state index is 12.4. The number of rotatable bonds is 40. The summed E-state index contributed by atoms with van der Waals surface area (Å²) in [6.45, 7) is 4.54. The van der Waals surface area contributed by atoms with E-state index in [1.165, 1.54) is 180 Å². The second-order valence-corrected chi connectivity index (χ2v) is 15.1. The third kappa shape index (κ3) is 31.2. The SMILES string of the molecule is CCCCCCCCCCCCCCCCCCCC(=O)C(O)C(O)C(O)C(=O)CCCCCCCCCCCCCCCCCCC. The van der Waals surface area contributed by atoms with E-state index in [0.717, 1.165) is 25.7 Å². The number of aliphatic hydroxyl groups is 3. The summed E-state index contributed by atoms with van der Waals surface area (Å²) in [5.41, 5.74) is 0.